The third-order valence-electron chi connectivity index (χ3n) is 6.47. The number of thioether (sulfide) groups is 1. The lowest BCUT2D eigenvalue weighted by Gasteiger charge is -2.20. The first-order valence-corrected chi connectivity index (χ1v) is 14.2. The number of amidine groups is 1. The number of anilines is 2. The number of aromatic nitrogens is 3. The van der Waals surface area contributed by atoms with Crippen molar-refractivity contribution < 1.29 is 27.5 Å². The first-order chi connectivity index (χ1) is 20.6. The fraction of sp³-hybridized carbons (Fsp3) is 0.233. The Labute approximate surface area is 249 Å². The number of nitrogens with zero attached hydrogens (tertiary/aromatic N) is 5. The van der Waals surface area contributed by atoms with Crippen molar-refractivity contribution in [2.75, 3.05) is 22.6 Å². The van der Waals surface area contributed by atoms with Gasteiger partial charge < -0.3 is 10.1 Å². The van der Waals surface area contributed by atoms with Crippen molar-refractivity contribution in [2.45, 2.75) is 33.1 Å². The molecule has 2 heterocycles. The molecule has 3 amide bonds. The average molecular weight is 609 g/mol. The summed E-state index contributed by atoms with van der Waals surface area (Å²) in [7, 11) is 0. The number of hydrogen-bond acceptors (Lipinski definition) is 6. The third-order valence-corrected chi connectivity index (χ3v) is 7.39. The number of hydrogen-bond donors (Lipinski definition) is 1. The Morgan fingerprint density at radius 1 is 1.09 bits per heavy atom. The summed E-state index contributed by atoms with van der Waals surface area (Å²) in [5, 5.41) is 7.46. The van der Waals surface area contributed by atoms with Gasteiger partial charge in [0.25, 0.3) is 0 Å². The molecule has 1 aromatic heterocycles. The monoisotopic (exact) mass is 608 g/mol. The summed E-state index contributed by atoms with van der Waals surface area (Å²) in [5.74, 6) is 0.282. The van der Waals surface area contributed by atoms with Crippen LogP contribution in [0.1, 0.15) is 23.1 Å². The van der Waals surface area contributed by atoms with Crippen LogP contribution in [0.2, 0.25) is 0 Å². The first kappa shape index (κ1) is 30.0. The highest BCUT2D eigenvalue weighted by Crippen LogP contribution is 2.32. The second kappa shape index (κ2) is 12.8. The topological polar surface area (TPSA) is 102 Å². The fourth-order valence-electron chi connectivity index (χ4n) is 4.33. The molecule has 43 heavy (non-hydrogen) atoms. The van der Waals surface area contributed by atoms with Gasteiger partial charge in [-0.15, -0.1) is 5.10 Å². The van der Waals surface area contributed by atoms with E-state index in [1.165, 1.54) is 4.90 Å². The maximum Gasteiger partial charge on any atom is 0.391 e. The highest BCUT2D eigenvalue weighted by molar-refractivity contribution is 8.15. The quantitative estimate of drug-likeness (QED) is 0.224. The maximum absolute atomic E-state index is 13.0. The van der Waals surface area contributed by atoms with E-state index < -0.39 is 25.2 Å². The van der Waals surface area contributed by atoms with E-state index in [9.17, 15) is 22.8 Å². The number of carbonyl (C=O) groups excluding carboxylic acids is 2. The van der Waals surface area contributed by atoms with Crippen LogP contribution in [0, 0.1) is 13.8 Å². The number of rotatable bonds is 8. The summed E-state index contributed by atoms with van der Waals surface area (Å²) in [6, 6.07) is 19.5. The normalized spacial score (nSPS) is 14.5. The minimum absolute atomic E-state index is 0.0603. The zero-order chi connectivity index (χ0) is 30.6. The summed E-state index contributed by atoms with van der Waals surface area (Å²) in [6.45, 7) is 3.01. The highest BCUT2D eigenvalue weighted by Gasteiger charge is 2.32. The molecular formula is C30H27F3N6O3S. The molecule has 9 nitrogen and oxygen atoms in total. The second-order valence-electron chi connectivity index (χ2n) is 9.77. The summed E-state index contributed by atoms with van der Waals surface area (Å²) in [6.07, 6.45) is -3.77. The Hall–Kier alpha value is -4.49. The van der Waals surface area contributed by atoms with Crippen molar-refractivity contribution in [3.05, 3.63) is 89.7 Å². The first-order valence-electron chi connectivity index (χ1n) is 13.2. The van der Waals surface area contributed by atoms with Gasteiger partial charge in [0, 0.05) is 16.8 Å². The summed E-state index contributed by atoms with van der Waals surface area (Å²) in [5.41, 5.74) is 4.67. The molecule has 0 aliphatic carbocycles. The van der Waals surface area contributed by atoms with E-state index in [1.54, 1.807) is 41.3 Å². The lowest BCUT2D eigenvalue weighted by atomic mass is 10.1. The van der Waals surface area contributed by atoms with Gasteiger partial charge in [-0.2, -0.15) is 18.2 Å². The summed E-state index contributed by atoms with van der Waals surface area (Å²) >= 11 is 1.10. The molecule has 0 spiro atoms. The van der Waals surface area contributed by atoms with E-state index in [2.05, 4.69) is 20.4 Å². The molecule has 13 heteroatoms. The minimum atomic E-state index is -4.33. The Bertz CT molecular complexity index is 1670. The summed E-state index contributed by atoms with van der Waals surface area (Å²) < 4.78 is 44.5. The highest BCUT2D eigenvalue weighted by atomic mass is 32.2. The predicted octanol–water partition coefficient (Wildman–Crippen LogP) is 6.69. The maximum atomic E-state index is 13.0. The van der Waals surface area contributed by atoms with Crippen molar-refractivity contribution in [1.29, 1.82) is 0 Å². The molecule has 0 bridgehead atoms. The average Bonchev–Trinajstić information content (AvgIpc) is 3.60. The number of nitrogens with one attached hydrogen (secondary N) is 1. The molecule has 3 aromatic carbocycles. The van der Waals surface area contributed by atoms with Gasteiger partial charge in [0.2, 0.25) is 5.91 Å². The van der Waals surface area contributed by atoms with Gasteiger partial charge in [-0.3, -0.25) is 9.69 Å². The number of benzene rings is 3. The van der Waals surface area contributed by atoms with Gasteiger partial charge in [-0.1, -0.05) is 42.1 Å². The van der Waals surface area contributed by atoms with Crippen LogP contribution >= 0.6 is 11.8 Å². The number of carbonyl (C=O) groups is 2. The Balaban J connectivity index is 1.30. The van der Waals surface area contributed by atoms with Crippen molar-refractivity contribution >= 4 is 40.2 Å². The number of alkyl halides is 3. The lowest BCUT2D eigenvalue weighted by molar-refractivity contribution is -0.146. The van der Waals surface area contributed by atoms with Crippen LogP contribution in [0.4, 0.5) is 29.3 Å². The van der Waals surface area contributed by atoms with E-state index in [4.69, 9.17) is 4.74 Å². The lowest BCUT2D eigenvalue weighted by Crippen LogP contribution is -2.31. The van der Waals surface area contributed by atoms with Crippen LogP contribution in [-0.4, -0.2) is 50.4 Å². The second-order valence-corrected chi connectivity index (χ2v) is 10.7. The molecule has 0 radical (unpaired) electrons. The van der Waals surface area contributed by atoms with Crippen LogP contribution in [0.25, 0.3) is 17.1 Å². The van der Waals surface area contributed by atoms with Gasteiger partial charge in [0.1, 0.15) is 6.33 Å². The Morgan fingerprint density at radius 2 is 1.88 bits per heavy atom. The standard InChI is InChI=1S/C30H27F3N6O3S/c1-19-8-9-22(16-42-13-12-30(31,32)33)25(14-19)39-26(40)17-43-29(39)36-28(41)35-24-11-10-21(15-20(24)2)27-34-18-38(37-27)23-6-4-3-5-7-23/h3-11,14-15,18H,12-13,16-17H2,1-2H3,(H,35,41). The smallest absolute Gasteiger partial charge is 0.376 e. The molecule has 1 fully saturated rings. The van der Waals surface area contributed by atoms with Crippen molar-refractivity contribution in [3.8, 4) is 17.1 Å². The molecule has 4 aromatic rings. The number of ether oxygens (including phenoxy) is 1. The molecular weight excluding hydrogens is 581 g/mol. The predicted molar refractivity (Wildman–Crippen MR) is 159 cm³/mol. The zero-order valence-corrected chi connectivity index (χ0v) is 24.1. The van der Waals surface area contributed by atoms with E-state index >= 15 is 0 Å². The molecule has 222 valence electrons. The summed E-state index contributed by atoms with van der Waals surface area (Å²) in [4.78, 5) is 35.7. The molecule has 1 saturated heterocycles. The zero-order valence-electron chi connectivity index (χ0n) is 23.3. The molecule has 1 aliphatic heterocycles. The van der Waals surface area contributed by atoms with Crippen LogP contribution in [0.15, 0.2) is 78.0 Å². The molecule has 1 aliphatic rings. The van der Waals surface area contributed by atoms with Gasteiger partial charge in [0.05, 0.1) is 36.8 Å². The molecule has 0 atom stereocenters. The SMILES string of the molecule is Cc1ccc(COCCC(F)(F)F)c(N2C(=O)CSC2=NC(=O)Nc2ccc(-c3ncn(-c4ccccc4)n3)cc2C)c1. The van der Waals surface area contributed by atoms with Crippen molar-refractivity contribution in [1.82, 2.24) is 14.8 Å². The van der Waals surface area contributed by atoms with E-state index in [0.29, 0.717) is 22.8 Å². The van der Waals surface area contributed by atoms with Crippen LogP contribution in [0.5, 0.6) is 0 Å². The van der Waals surface area contributed by atoms with Crippen LogP contribution in [-0.2, 0) is 16.1 Å². The minimum Gasteiger partial charge on any atom is -0.376 e. The molecule has 5 rings (SSSR count). The van der Waals surface area contributed by atoms with Gasteiger partial charge in [-0.05, 0) is 61.4 Å². The number of aliphatic imine (C=N–C) groups is 1. The number of para-hydroxylation sites is 1. The Kier molecular flexibility index (Phi) is 8.92. The van der Waals surface area contributed by atoms with Gasteiger partial charge >= 0.3 is 12.2 Å². The largest absolute Gasteiger partial charge is 0.391 e. The third kappa shape index (κ3) is 7.48. The van der Waals surface area contributed by atoms with E-state index in [-0.39, 0.29) is 23.4 Å². The fourth-order valence-corrected chi connectivity index (χ4v) is 5.19. The van der Waals surface area contributed by atoms with Crippen LogP contribution < -0.4 is 10.2 Å². The van der Waals surface area contributed by atoms with Crippen molar-refractivity contribution in [3.63, 3.8) is 0 Å². The Morgan fingerprint density at radius 3 is 2.63 bits per heavy atom. The van der Waals surface area contributed by atoms with Gasteiger partial charge in [-0.25, -0.2) is 14.5 Å². The molecule has 1 N–H and O–H groups in total. The number of amides is 3. The van der Waals surface area contributed by atoms with Crippen molar-refractivity contribution in [2.24, 2.45) is 4.99 Å². The molecule has 0 saturated carbocycles. The number of aryl methyl sites for hydroxylation is 2. The van der Waals surface area contributed by atoms with Crippen LogP contribution in [0.3, 0.4) is 0 Å². The number of halogens is 3. The number of urea groups is 1. The molecule has 0 unspecified atom stereocenters. The van der Waals surface area contributed by atoms with E-state index in [1.807, 2.05) is 50.2 Å². The van der Waals surface area contributed by atoms with Gasteiger partial charge in [0.15, 0.2) is 11.0 Å². The van der Waals surface area contributed by atoms with E-state index in [0.717, 1.165) is 34.1 Å².